The molecular weight excluding hydrogens is 204 g/mol. The van der Waals surface area contributed by atoms with E-state index in [0.29, 0.717) is 0 Å². The second-order valence-electron chi connectivity index (χ2n) is 3.82. The molecule has 0 saturated carbocycles. The maximum atomic E-state index is 5.51. The first-order valence-electron chi connectivity index (χ1n) is 6.06. The van der Waals surface area contributed by atoms with E-state index in [4.69, 9.17) is 9.26 Å². The van der Waals surface area contributed by atoms with E-state index in [2.05, 4.69) is 17.1 Å². The molecule has 0 aliphatic carbocycles. The smallest absolute Gasteiger partial charge is 0.226 e. The normalized spacial score (nSPS) is 10.8. The van der Waals surface area contributed by atoms with E-state index >= 15 is 0 Å². The molecular formula is C12H21N2O2. The molecule has 16 heavy (non-hydrogen) atoms. The molecule has 0 bridgehead atoms. The number of nitrogens with zero attached hydrogens (tertiary/aromatic N) is 2. The molecule has 0 atom stereocenters. The second kappa shape index (κ2) is 9.33. The van der Waals surface area contributed by atoms with Crippen molar-refractivity contribution in [1.82, 2.24) is 10.1 Å². The molecule has 0 saturated heterocycles. The fourth-order valence-electron chi connectivity index (χ4n) is 1.45. The molecule has 1 rings (SSSR count). The van der Waals surface area contributed by atoms with E-state index in [1.165, 1.54) is 19.2 Å². The van der Waals surface area contributed by atoms with Crippen LogP contribution in [-0.4, -0.2) is 23.4 Å². The van der Waals surface area contributed by atoms with E-state index < -0.39 is 0 Å². The SMILES string of the molecule is [CH2]CCCCCOCCCCc1ncno1. The Morgan fingerprint density at radius 3 is 2.62 bits per heavy atom. The average Bonchev–Trinajstić information content (AvgIpc) is 2.80. The lowest BCUT2D eigenvalue weighted by Crippen LogP contribution is -1.98. The Morgan fingerprint density at radius 1 is 1.12 bits per heavy atom. The summed E-state index contributed by atoms with van der Waals surface area (Å²) in [6, 6.07) is 0. The molecule has 1 aromatic heterocycles. The van der Waals surface area contributed by atoms with Gasteiger partial charge in [-0.25, -0.2) is 0 Å². The molecule has 0 spiro atoms. The minimum atomic E-state index is 0.718. The van der Waals surface area contributed by atoms with E-state index in [1.807, 2.05) is 0 Å². The predicted octanol–water partition coefficient (Wildman–Crippen LogP) is 2.80. The van der Waals surface area contributed by atoms with Crippen molar-refractivity contribution >= 4 is 0 Å². The van der Waals surface area contributed by atoms with Gasteiger partial charge in [0.25, 0.3) is 0 Å². The van der Waals surface area contributed by atoms with E-state index in [9.17, 15) is 0 Å². The Kier molecular flexibility index (Phi) is 7.68. The molecule has 0 aromatic carbocycles. The van der Waals surface area contributed by atoms with Gasteiger partial charge in [0.15, 0.2) is 6.33 Å². The van der Waals surface area contributed by atoms with Crippen molar-refractivity contribution < 1.29 is 9.26 Å². The number of ether oxygens (including phenoxy) is 1. The Bertz CT molecular complexity index is 237. The lowest BCUT2D eigenvalue weighted by molar-refractivity contribution is 0.126. The van der Waals surface area contributed by atoms with E-state index in [0.717, 1.165) is 51.2 Å². The van der Waals surface area contributed by atoms with Crippen LogP contribution in [0.2, 0.25) is 0 Å². The zero-order valence-electron chi connectivity index (χ0n) is 9.86. The molecule has 91 valence electrons. The molecule has 0 N–H and O–H groups in total. The van der Waals surface area contributed by atoms with Crippen molar-refractivity contribution in [2.75, 3.05) is 13.2 Å². The second-order valence-corrected chi connectivity index (χ2v) is 3.82. The van der Waals surface area contributed by atoms with E-state index in [1.54, 1.807) is 0 Å². The Hall–Kier alpha value is -0.900. The highest BCUT2D eigenvalue weighted by Gasteiger charge is 1.98. The van der Waals surface area contributed by atoms with Crippen LogP contribution in [0.4, 0.5) is 0 Å². The summed E-state index contributed by atoms with van der Waals surface area (Å²) in [5, 5.41) is 3.56. The summed E-state index contributed by atoms with van der Waals surface area (Å²) >= 11 is 0. The molecule has 0 fully saturated rings. The van der Waals surface area contributed by atoms with Crippen molar-refractivity contribution in [2.24, 2.45) is 0 Å². The van der Waals surface area contributed by atoms with Crippen LogP contribution in [0.15, 0.2) is 10.9 Å². The van der Waals surface area contributed by atoms with Gasteiger partial charge in [-0.1, -0.05) is 31.3 Å². The van der Waals surface area contributed by atoms with Gasteiger partial charge in [-0.15, -0.1) is 0 Å². The molecule has 0 aliphatic heterocycles. The molecule has 1 radical (unpaired) electrons. The fourth-order valence-corrected chi connectivity index (χ4v) is 1.45. The molecule has 0 aliphatic rings. The fraction of sp³-hybridized carbons (Fsp3) is 0.750. The Labute approximate surface area is 97.4 Å². The number of hydrogen-bond donors (Lipinski definition) is 0. The zero-order chi connectivity index (χ0) is 11.5. The van der Waals surface area contributed by atoms with Gasteiger partial charge in [0.2, 0.25) is 5.89 Å². The third kappa shape index (κ3) is 6.56. The van der Waals surface area contributed by atoms with Crippen LogP contribution in [0.1, 0.15) is 44.4 Å². The largest absolute Gasteiger partial charge is 0.381 e. The van der Waals surface area contributed by atoms with Crippen molar-refractivity contribution in [3.05, 3.63) is 19.1 Å². The molecule has 1 aromatic rings. The van der Waals surface area contributed by atoms with Crippen LogP contribution in [-0.2, 0) is 11.2 Å². The quantitative estimate of drug-likeness (QED) is 0.574. The summed E-state index contributed by atoms with van der Waals surface area (Å²) < 4.78 is 10.4. The van der Waals surface area contributed by atoms with Crippen LogP contribution in [0, 0.1) is 6.92 Å². The lowest BCUT2D eigenvalue weighted by Gasteiger charge is -2.02. The average molecular weight is 225 g/mol. The number of rotatable bonds is 10. The maximum Gasteiger partial charge on any atom is 0.226 e. The van der Waals surface area contributed by atoms with Gasteiger partial charge in [0.05, 0.1) is 0 Å². The summed E-state index contributed by atoms with van der Waals surface area (Å²) in [5.41, 5.74) is 0. The van der Waals surface area contributed by atoms with Crippen LogP contribution in [0.3, 0.4) is 0 Å². The van der Waals surface area contributed by atoms with Gasteiger partial charge in [-0.2, -0.15) is 4.98 Å². The van der Waals surface area contributed by atoms with Gasteiger partial charge < -0.3 is 9.26 Å². The van der Waals surface area contributed by atoms with Gasteiger partial charge >= 0.3 is 0 Å². The van der Waals surface area contributed by atoms with Crippen LogP contribution < -0.4 is 0 Å². The summed E-state index contributed by atoms with van der Waals surface area (Å²) in [5.74, 6) is 0.718. The topological polar surface area (TPSA) is 48.2 Å². The summed E-state index contributed by atoms with van der Waals surface area (Å²) in [6.07, 6.45) is 9.01. The van der Waals surface area contributed by atoms with Gasteiger partial charge in [0, 0.05) is 19.6 Å². The Balaban J connectivity index is 1.78. The third-order valence-corrected chi connectivity index (χ3v) is 2.37. The third-order valence-electron chi connectivity index (χ3n) is 2.37. The van der Waals surface area contributed by atoms with E-state index in [-0.39, 0.29) is 0 Å². The van der Waals surface area contributed by atoms with Crippen LogP contribution in [0.25, 0.3) is 0 Å². The van der Waals surface area contributed by atoms with Crippen molar-refractivity contribution in [1.29, 1.82) is 0 Å². The first-order valence-corrected chi connectivity index (χ1v) is 6.06. The van der Waals surface area contributed by atoms with Gasteiger partial charge in [-0.05, 0) is 19.3 Å². The van der Waals surface area contributed by atoms with Gasteiger partial charge in [-0.3, -0.25) is 0 Å². The van der Waals surface area contributed by atoms with Gasteiger partial charge in [0.1, 0.15) is 0 Å². The number of aryl methyl sites for hydroxylation is 1. The standard InChI is InChI=1S/C12H21N2O2/c1-2-3-4-6-9-15-10-7-5-8-12-13-11-14-16-12/h11H,1-10H2. The van der Waals surface area contributed by atoms with Crippen molar-refractivity contribution in [2.45, 2.75) is 44.9 Å². The highest BCUT2D eigenvalue weighted by atomic mass is 16.5. The summed E-state index contributed by atoms with van der Waals surface area (Å²) in [4.78, 5) is 3.96. The predicted molar refractivity (Wildman–Crippen MR) is 61.9 cm³/mol. The van der Waals surface area contributed by atoms with Crippen LogP contribution in [0.5, 0.6) is 0 Å². The van der Waals surface area contributed by atoms with Crippen LogP contribution >= 0.6 is 0 Å². The summed E-state index contributed by atoms with van der Waals surface area (Å²) in [6.45, 7) is 5.52. The first kappa shape index (κ1) is 13.2. The lowest BCUT2D eigenvalue weighted by atomic mass is 10.2. The summed E-state index contributed by atoms with van der Waals surface area (Å²) in [7, 11) is 0. The van der Waals surface area contributed by atoms with Crippen molar-refractivity contribution in [3.63, 3.8) is 0 Å². The highest BCUT2D eigenvalue weighted by molar-refractivity contribution is 4.73. The molecule has 0 unspecified atom stereocenters. The monoisotopic (exact) mass is 225 g/mol. The highest BCUT2D eigenvalue weighted by Crippen LogP contribution is 2.02. The molecule has 4 heteroatoms. The number of aromatic nitrogens is 2. The van der Waals surface area contributed by atoms with Crippen molar-refractivity contribution in [3.8, 4) is 0 Å². The maximum absolute atomic E-state index is 5.51. The first-order chi connectivity index (χ1) is 7.93. The minimum Gasteiger partial charge on any atom is -0.381 e. The number of unbranched alkanes of at least 4 members (excludes halogenated alkanes) is 4. The zero-order valence-corrected chi connectivity index (χ0v) is 9.86. The molecule has 1 heterocycles. The Morgan fingerprint density at radius 2 is 1.94 bits per heavy atom. The number of hydrogen-bond acceptors (Lipinski definition) is 4. The minimum absolute atomic E-state index is 0.718. The molecule has 0 amide bonds. The molecule has 4 nitrogen and oxygen atoms in total.